The molecule has 1 heterocycles. The lowest BCUT2D eigenvalue weighted by atomic mass is 10.2. The summed E-state index contributed by atoms with van der Waals surface area (Å²) in [5.74, 6) is 0.635. The predicted octanol–water partition coefficient (Wildman–Crippen LogP) is 1.22. The standard InChI is InChI=1S/C9H13NO2S/c1-7(12)8-2-3-10-9(6-8)13-5-4-11/h2-3,6-7,11-12H,4-5H2,1H3/t7-/m1/s1. The minimum absolute atomic E-state index is 0.144. The fraction of sp³-hybridized carbons (Fsp3) is 0.444. The van der Waals surface area contributed by atoms with Gasteiger partial charge in [-0.05, 0) is 24.6 Å². The minimum Gasteiger partial charge on any atom is -0.396 e. The maximum atomic E-state index is 9.29. The Kier molecular flexibility index (Phi) is 4.21. The van der Waals surface area contributed by atoms with Crippen LogP contribution in [-0.2, 0) is 0 Å². The van der Waals surface area contributed by atoms with E-state index in [0.717, 1.165) is 10.6 Å². The van der Waals surface area contributed by atoms with Crippen LogP contribution >= 0.6 is 11.8 Å². The Bertz CT molecular complexity index is 266. The molecule has 13 heavy (non-hydrogen) atoms. The first-order valence-corrected chi connectivity index (χ1v) is 5.10. The number of aromatic nitrogens is 1. The summed E-state index contributed by atoms with van der Waals surface area (Å²) in [6.07, 6.45) is 1.21. The lowest BCUT2D eigenvalue weighted by Crippen LogP contribution is -1.93. The van der Waals surface area contributed by atoms with E-state index in [9.17, 15) is 5.11 Å². The third kappa shape index (κ3) is 3.34. The highest BCUT2D eigenvalue weighted by Crippen LogP contribution is 2.19. The molecule has 1 aromatic heterocycles. The van der Waals surface area contributed by atoms with Gasteiger partial charge in [0.05, 0.1) is 17.7 Å². The van der Waals surface area contributed by atoms with Crippen molar-refractivity contribution < 1.29 is 10.2 Å². The number of hydrogen-bond acceptors (Lipinski definition) is 4. The molecule has 72 valence electrons. The summed E-state index contributed by atoms with van der Waals surface area (Å²) < 4.78 is 0. The number of pyridine rings is 1. The summed E-state index contributed by atoms with van der Waals surface area (Å²) in [5, 5.41) is 18.7. The van der Waals surface area contributed by atoms with Gasteiger partial charge in [0.25, 0.3) is 0 Å². The van der Waals surface area contributed by atoms with E-state index >= 15 is 0 Å². The summed E-state index contributed by atoms with van der Waals surface area (Å²) in [6, 6.07) is 3.62. The largest absolute Gasteiger partial charge is 0.396 e. The van der Waals surface area contributed by atoms with Crippen molar-refractivity contribution in [3.63, 3.8) is 0 Å². The summed E-state index contributed by atoms with van der Waals surface area (Å²) in [6.45, 7) is 1.86. The molecule has 1 rings (SSSR count). The zero-order chi connectivity index (χ0) is 9.68. The van der Waals surface area contributed by atoms with Crippen LogP contribution in [0.15, 0.2) is 23.4 Å². The van der Waals surface area contributed by atoms with Crippen molar-refractivity contribution in [3.8, 4) is 0 Å². The Labute approximate surface area is 81.8 Å². The van der Waals surface area contributed by atoms with Crippen LogP contribution < -0.4 is 0 Å². The molecule has 0 unspecified atom stereocenters. The maximum Gasteiger partial charge on any atom is 0.0964 e. The van der Waals surface area contributed by atoms with Gasteiger partial charge in [-0.2, -0.15) is 0 Å². The molecule has 1 atom stereocenters. The summed E-state index contributed by atoms with van der Waals surface area (Å²) in [5.41, 5.74) is 0.857. The molecule has 0 bridgehead atoms. The molecule has 1 aromatic rings. The summed E-state index contributed by atoms with van der Waals surface area (Å²) in [7, 11) is 0. The van der Waals surface area contributed by atoms with Crippen molar-refractivity contribution in [2.45, 2.75) is 18.1 Å². The zero-order valence-electron chi connectivity index (χ0n) is 7.47. The highest BCUT2D eigenvalue weighted by molar-refractivity contribution is 7.99. The van der Waals surface area contributed by atoms with Crippen molar-refractivity contribution in [3.05, 3.63) is 23.9 Å². The first-order valence-electron chi connectivity index (χ1n) is 4.11. The van der Waals surface area contributed by atoms with E-state index in [-0.39, 0.29) is 6.61 Å². The van der Waals surface area contributed by atoms with Gasteiger partial charge in [-0.3, -0.25) is 0 Å². The van der Waals surface area contributed by atoms with Crippen LogP contribution in [0.25, 0.3) is 0 Å². The van der Waals surface area contributed by atoms with Gasteiger partial charge in [-0.25, -0.2) is 4.98 Å². The van der Waals surface area contributed by atoms with E-state index in [0.29, 0.717) is 5.75 Å². The van der Waals surface area contributed by atoms with Gasteiger partial charge >= 0.3 is 0 Å². The SMILES string of the molecule is C[C@@H](O)c1ccnc(SCCO)c1. The van der Waals surface area contributed by atoms with Crippen molar-refractivity contribution in [1.29, 1.82) is 0 Å². The van der Waals surface area contributed by atoms with Crippen LogP contribution in [0.3, 0.4) is 0 Å². The van der Waals surface area contributed by atoms with Crippen LogP contribution in [0, 0.1) is 0 Å². The number of aliphatic hydroxyl groups excluding tert-OH is 2. The number of aliphatic hydroxyl groups is 2. The van der Waals surface area contributed by atoms with Gasteiger partial charge in [0, 0.05) is 11.9 Å². The highest BCUT2D eigenvalue weighted by atomic mass is 32.2. The zero-order valence-corrected chi connectivity index (χ0v) is 8.29. The molecule has 4 heteroatoms. The van der Waals surface area contributed by atoms with Gasteiger partial charge in [0.15, 0.2) is 0 Å². The third-order valence-electron chi connectivity index (χ3n) is 1.58. The molecule has 0 saturated heterocycles. The van der Waals surface area contributed by atoms with Gasteiger partial charge in [0.2, 0.25) is 0 Å². The number of rotatable bonds is 4. The third-order valence-corrected chi connectivity index (χ3v) is 2.49. The Balaban J connectivity index is 2.68. The normalized spacial score (nSPS) is 12.8. The van der Waals surface area contributed by atoms with Gasteiger partial charge < -0.3 is 10.2 Å². The van der Waals surface area contributed by atoms with E-state index < -0.39 is 6.10 Å². The fourth-order valence-electron chi connectivity index (χ4n) is 0.914. The van der Waals surface area contributed by atoms with Crippen molar-refractivity contribution in [1.82, 2.24) is 4.98 Å². The average molecular weight is 199 g/mol. The molecule has 0 aromatic carbocycles. The van der Waals surface area contributed by atoms with E-state index in [2.05, 4.69) is 4.98 Å². The molecule has 0 saturated carbocycles. The fourth-order valence-corrected chi connectivity index (χ4v) is 1.57. The van der Waals surface area contributed by atoms with Gasteiger partial charge in [-0.15, -0.1) is 11.8 Å². The van der Waals surface area contributed by atoms with Gasteiger partial charge in [-0.1, -0.05) is 0 Å². The Morgan fingerprint density at radius 1 is 1.62 bits per heavy atom. The van der Waals surface area contributed by atoms with Crippen molar-refractivity contribution in [2.24, 2.45) is 0 Å². The molecule has 3 nitrogen and oxygen atoms in total. The lowest BCUT2D eigenvalue weighted by molar-refractivity contribution is 0.199. The maximum absolute atomic E-state index is 9.29. The second-order valence-corrected chi connectivity index (χ2v) is 3.79. The molecule has 0 radical (unpaired) electrons. The van der Waals surface area contributed by atoms with Crippen LogP contribution in [0.2, 0.25) is 0 Å². The first-order chi connectivity index (χ1) is 6.24. The minimum atomic E-state index is -0.462. The van der Waals surface area contributed by atoms with E-state index in [1.54, 1.807) is 19.2 Å². The molecular weight excluding hydrogens is 186 g/mol. The monoisotopic (exact) mass is 199 g/mol. The second-order valence-electron chi connectivity index (χ2n) is 2.68. The topological polar surface area (TPSA) is 53.4 Å². The Morgan fingerprint density at radius 2 is 2.38 bits per heavy atom. The molecule has 0 aliphatic carbocycles. The smallest absolute Gasteiger partial charge is 0.0964 e. The van der Waals surface area contributed by atoms with Crippen LogP contribution in [0.1, 0.15) is 18.6 Å². The van der Waals surface area contributed by atoms with Crippen LogP contribution in [-0.4, -0.2) is 27.6 Å². The number of nitrogens with zero attached hydrogens (tertiary/aromatic N) is 1. The number of thioether (sulfide) groups is 1. The molecule has 0 aliphatic heterocycles. The van der Waals surface area contributed by atoms with E-state index in [4.69, 9.17) is 5.11 Å². The van der Waals surface area contributed by atoms with Gasteiger partial charge in [0.1, 0.15) is 0 Å². The lowest BCUT2D eigenvalue weighted by Gasteiger charge is -2.05. The number of hydrogen-bond donors (Lipinski definition) is 2. The van der Waals surface area contributed by atoms with Crippen molar-refractivity contribution >= 4 is 11.8 Å². The van der Waals surface area contributed by atoms with Crippen LogP contribution in [0.4, 0.5) is 0 Å². The molecule has 0 amide bonds. The molecule has 0 spiro atoms. The molecular formula is C9H13NO2S. The van der Waals surface area contributed by atoms with E-state index in [1.807, 2.05) is 6.07 Å². The Morgan fingerprint density at radius 3 is 3.00 bits per heavy atom. The quantitative estimate of drug-likeness (QED) is 0.716. The summed E-state index contributed by atoms with van der Waals surface area (Å²) in [4.78, 5) is 4.10. The predicted molar refractivity (Wildman–Crippen MR) is 52.7 cm³/mol. The van der Waals surface area contributed by atoms with Crippen molar-refractivity contribution in [2.75, 3.05) is 12.4 Å². The molecule has 0 fully saturated rings. The second kappa shape index (κ2) is 5.21. The Hall–Kier alpha value is -0.580. The van der Waals surface area contributed by atoms with Crippen LogP contribution in [0.5, 0.6) is 0 Å². The molecule has 0 aliphatic rings. The molecule has 2 N–H and O–H groups in total. The first kappa shape index (κ1) is 10.5. The highest BCUT2D eigenvalue weighted by Gasteiger charge is 2.02. The summed E-state index contributed by atoms with van der Waals surface area (Å²) >= 11 is 1.48. The van der Waals surface area contributed by atoms with E-state index in [1.165, 1.54) is 11.8 Å². The average Bonchev–Trinajstić information content (AvgIpc) is 2.15.